The fourth-order valence-electron chi connectivity index (χ4n) is 2.13. The van der Waals surface area contributed by atoms with Crippen LogP contribution in [0.5, 0.6) is 5.75 Å². The van der Waals surface area contributed by atoms with Crippen LogP contribution in [0.15, 0.2) is 24.3 Å². The van der Waals surface area contributed by atoms with Crippen LogP contribution in [-0.2, 0) is 9.47 Å². The Balaban J connectivity index is 1.93. The van der Waals surface area contributed by atoms with Crippen LogP contribution in [0.25, 0.3) is 0 Å². The fourth-order valence-corrected chi connectivity index (χ4v) is 2.48. The Hall–Kier alpha value is -0.330. The number of hydrogen-bond donors (Lipinski definition) is 0. The van der Waals surface area contributed by atoms with Gasteiger partial charge in [0, 0.05) is 3.57 Å². The molecule has 1 aliphatic rings. The molecule has 1 aliphatic heterocycles. The molecule has 3 nitrogen and oxygen atoms in total. The molecule has 0 radical (unpaired) electrons. The van der Waals surface area contributed by atoms with Crippen LogP contribution < -0.4 is 4.74 Å². The van der Waals surface area contributed by atoms with Crippen molar-refractivity contribution in [1.29, 1.82) is 0 Å². The van der Waals surface area contributed by atoms with Gasteiger partial charge in [0.2, 0.25) is 0 Å². The first-order chi connectivity index (χ1) is 9.29. The molecule has 0 saturated carbocycles. The quantitative estimate of drug-likeness (QED) is 0.532. The van der Waals surface area contributed by atoms with Gasteiger partial charge in [0.15, 0.2) is 6.29 Å². The zero-order valence-corrected chi connectivity index (χ0v) is 13.5. The Morgan fingerprint density at radius 2 is 1.89 bits per heavy atom. The van der Waals surface area contributed by atoms with Gasteiger partial charge in [-0.15, -0.1) is 0 Å². The molecule has 0 aliphatic carbocycles. The first-order valence-corrected chi connectivity index (χ1v) is 8.03. The van der Waals surface area contributed by atoms with Gasteiger partial charge in [0.05, 0.1) is 13.2 Å². The van der Waals surface area contributed by atoms with E-state index in [0.717, 1.165) is 18.6 Å². The van der Waals surface area contributed by atoms with E-state index in [1.54, 1.807) is 0 Å². The Morgan fingerprint density at radius 1 is 1.21 bits per heavy atom. The molecule has 1 fully saturated rings. The summed E-state index contributed by atoms with van der Waals surface area (Å²) < 4.78 is 18.4. The molecular formula is C15H21IO3. The molecule has 4 heteroatoms. The van der Waals surface area contributed by atoms with Crippen molar-refractivity contribution in [1.82, 2.24) is 0 Å². The van der Waals surface area contributed by atoms with Gasteiger partial charge in [0.1, 0.15) is 11.9 Å². The summed E-state index contributed by atoms with van der Waals surface area (Å²) in [5.74, 6) is 0.890. The Kier molecular flexibility index (Phi) is 6.40. The third-order valence-electron chi connectivity index (χ3n) is 3.14. The molecule has 0 amide bonds. The second-order valence-corrected chi connectivity index (χ2v) is 5.96. The first kappa shape index (κ1) is 15.1. The van der Waals surface area contributed by atoms with Crippen molar-refractivity contribution in [3.63, 3.8) is 0 Å². The van der Waals surface area contributed by atoms with E-state index < -0.39 is 0 Å². The fraction of sp³-hybridized carbons (Fsp3) is 0.600. The summed E-state index contributed by atoms with van der Waals surface area (Å²) in [4.78, 5) is 0. The average molecular weight is 376 g/mol. The highest BCUT2D eigenvalue weighted by molar-refractivity contribution is 14.1. The van der Waals surface area contributed by atoms with Crippen LogP contribution >= 0.6 is 22.6 Å². The maximum atomic E-state index is 6.05. The number of halogens is 1. The van der Waals surface area contributed by atoms with E-state index in [0.29, 0.717) is 13.2 Å². The normalized spacial score (nSPS) is 17.6. The number of unbranched alkanes of at least 4 members (excludes halogenated alkanes) is 2. The minimum absolute atomic E-state index is 0.00545. The Labute approximate surface area is 128 Å². The van der Waals surface area contributed by atoms with Crippen LogP contribution in [0.3, 0.4) is 0 Å². The summed E-state index contributed by atoms with van der Waals surface area (Å²) in [7, 11) is 0. The molecule has 0 bridgehead atoms. The SMILES string of the molecule is CCCCCC(Oc1ccc(I)cc1)C1OCCO1. The summed E-state index contributed by atoms with van der Waals surface area (Å²) in [6, 6.07) is 8.11. The van der Waals surface area contributed by atoms with E-state index in [1.807, 2.05) is 12.1 Å². The average Bonchev–Trinajstić information content (AvgIpc) is 2.94. The zero-order chi connectivity index (χ0) is 13.5. The minimum atomic E-state index is -0.212. The lowest BCUT2D eigenvalue weighted by Crippen LogP contribution is -2.32. The van der Waals surface area contributed by atoms with Crippen LogP contribution in [0.4, 0.5) is 0 Å². The van der Waals surface area contributed by atoms with Crippen molar-refractivity contribution in [3.8, 4) is 5.75 Å². The molecule has 1 aromatic rings. The molecule has 0 spiro atoms. The molecule has 1 saturated heterocycles. The van der Waals surface area contributed by atoms with Crippen molar-refractivity contribution >= 4 is 22.6 Å². The lowest BCUT2D eigenvalue weighted by Gasteiger charge is -2.23. The predicted octanol–water partition coefficient (Wildman–Crippen LogP) is 3.99. The van der Waals surface area contributed by atoms with E-state index in [9.17, 15) is 0 Å². The number of hydrogen-bond acceptors (Lipinski definition) is 3. The van der Waals surface area contributed by atoms with Gasteiger partial charge in [-0.25, -0.2) is 0 Å². The molecule has 1 unspecified atom stereocenters. The molecule has 2 rings (SSSR count). The monoisotopic (exact) mass is 376 g/mol. The zero-order valence-electron chi connectivity index (χ0n) is 11.3. The topological polar surface area (TPSA) is 27.7 Å². The van der Waals surface area contributed by atoms with Gasteiger partial charge in [-0.3, -0.25) is 0 Å². The van der Waals surface area contributed by atoms with Crippen LogP contribution in [0.1, 0.15) is 32.6 Å². The summed E-state index contributed by atoms with van der Waals surface area (Å²) in [6.07, 6.45) is 4.34. The highest BCUT2D eigenvalue weighted by Gasteiger charge is 2.28. The lowest BCUT2D eigenvalue weighted by atomic mass is 10.1. The maximum absolute atomic E-state index is 6.05. The lowest BCUT2D eigenvalue weighted by molar-refractivity contribution is -0.113. The molecule has 1 aromatic carbocycles. The standard InChI is InChI=1S/C15H21IO3/c1-2-3-4-5-14(15-17-10-11-18-15)19-13-8-6-12(16)7-9-13/h6-9,14-15H,2-5,10-11H2,1H3. The van der Waals surface area contributed by atoms with Gasteiger partial charge >= 0.3 is 0 Å². The van der Waals surface area contributed by atoms with Gasteiger partial charge in [-0.2, -0.15) is 0 Å². The molecule has 106 valence electrons. The molecule has 1 atom stereocenters. The number of rotatable bonds is 7. The highest BCUT2D eigenvalue weighted by atomic mass is 127. The van der Waals surface area contributed by atoms with E-state index in [-0.39, 0.29) is 12.4 Å². The summed E-state index contributed by atoms with van der Waals surface area (Å²) >= 11 is 2.29. The van der Waals surface area contributed by atoms with Crippen LogP contribution in [0, 0.1) is 3.57 Å². The van der Waals surface area contributed by atoms with Gasteiger partial charge in [-0.05, 0) is 59.7 Å². The van der Waals surface area contributed by atoms with Crippen molar-refractivity contribution < 1.29 is 14.2 Å². The number of benzene rings is 1. The Morgan fingerprint density at radius 3 is 2.53 bits per heavy atom. The Bertz CT molecular complexity index is 360. The van der Waals surface area contributed by atoms with E-state index >= 15 is 0 Å². The molecule has 1 heterocycles. The summed E-state index contributed by atoms with van der Waals surface area (Å²) in [5, 5.41) is 0. The second-order valence-electron chi connectivity index (χ2n) is 4.72. The third kappa shape index (κ3) is 4.93. The van der Waals surface area contributed by atoms with E-state index in [4.69, 9.17) is 14.2 Å². The second kappa shape index (κ2) is 8.07. The van der Waals surface area contributed by atoms with Gasteiger partial charge in [-0.1, -0.05) is 19.8 Å². The van der Waals surface area contributed by atoms with Crippen molar-refractivity contribution in [2.75, 3.05) is 13.2 Å². The van der Waals surface area contributed by atoms with Gasteiger partial charge in [0.25, 0.3) is 0 Å². The largest absolute Gasteiger partial charge is 0.485 e. The maximum Gasteiger partial charge on any atom is 0.194 e. The van der Waals surface area contributed by atoms with Crippen molar-refractivity contribution in [3.05, 3.63) is 27.8 Å². The van der Waals surface area contributed by atoms with Crippen LogP contribution in [0.2, 0.25) is 0 Å². The third-order valence-corrected chi connectivity index (χ3v) is 3.86. The first-order valence-electron chi connectivity index (χ1n) is 6.95. The van der Waals surface area contributed by atoms with E-state index in [2.05, 4.69) is 41.6 Å². The molecule has 0 aromatic heterocycles. The summed E-state index contributed by atoms with van der Waals surface area (Å²) in [5.41, 5.74) is 0. The van der Waals surface area contributed by atoms with Crippen LogP contribution in [-0.4, -0.2) is 25.6 Å². The predicted molar refractivity (Wildman–Crippen MR) is 83.4 cm³/mol. The van der Waals surface area contributed by atoms with Crippen molar-refractivity contribution in [2.24, 2.45) is 0 Å². The van der Waals surface area contributed by atoms with Gasteiger partial charge < -0.3 is 14.2 Å². The smallest absolute Gasteiger partial charge is 0.194 e. The molecular weight excluding hydrogens is 355 g/mol. The minimum Gasteiger partial charge on any atom is -0.485 e. The molecule has 0 N–H and O–H groups in total. The summed E-state index contributed by atoms with van der Waals surface area (Å²) in [6.45, 7) is 3.55. The molecule has 19 heavy (non-hydrogen) atoms. The highest BCUT2D eigenvalue weighted by Crippen LogP contribution is 2.22. The number of ether oxygens (including phenoxy) is 3. The van der Waals surface area contributed by atoms with Crippen molar-refractivity contribution in [2.45, 2.75) is 45.0 Å². The van der Waals surface area contributed by atoms with E-state index in [1.165, 1.54) is 16.4 Å².